The molecule has 0 aromatic heterocycles. The van der Waals surface area contributed by atoms with Crippen molar-refractivity contribution in [1.82, 2.24) is 4.90 Å². The van der Waals surface area contributed by atoms with E-state index < -0.39 is 0 Å². The molecule has 3 aromatic carbocycles. The molecule has 1 saturated heterocycles. The highest BCUT2D eigenvalue weighted by Crippen LogP contribution is 2.40. The van der Waals surface area contributed by atoms with Crippen molar-refractivity contribution in [3.05, 3.63) is 94.4 Å². The van der Waals surface area contributed by atoms with Gasteiger partial charge in [-0.05, 0) is 78.9 Å². The second kappa shape index (κ2) is 13.0. The van der Waals surface area contributed by atoms with Crippen LogP contribution in [0.3, 0.4) is 0 Å². The van der Waals surface area contributed by atoms with E-state index in [0.717, 1.165) is 54.1 Å². The number of amidine groups is 1. The van der Waals surface area contributed by atoms with E-state index in [1.807, 2.05) is 84.6 Å². The Hall–Kier alpha value is -3.51. The molecule has 0 atom stereocenters. The highest BCUT2D eigenvalue weighted by atomic mass is 32.2. The minimum absolute atomic E-state index is 0.0435. The Labute approximate surface area is 235 Å². The lowest BCUT2D eigenvalue weighted by Gasteiger charge is -2.30. The first kappa shape index (κ1) is 27.1. The van der Waals surface area contributed by atoms with Gasteiger partial charge in [-0.25, -0.2) is 4.99 Å². The SMILES string of the molecule is CCOc1cc(/C=C2/SC(=Nc3ccccc3CC)N(C3CCCCC3)C2=O)ccc1OCc1ccccc1. The lowest BCUT2D eigenvalue weighted by Crippen LogP contribution is -2.40. The van der Waals surface area contributed by atoms with Crippen molar-refractivity contribution in [3.8, 4) is 11.5 Å². The maximum absolute atomic E-state index is 13.8. The zero-order valence-corrected chi connectivity index (χ0v) is 23.6. The predicted molar refractivity (Wildman–Crippen MR) is 161 cm³/mol. The van der Waals surface area contributed by atoms with Crippen LogP contribution in [0, 0.1) is 0 Å². The summed E-state index contributed by atoms with van der Waals surface area (Å²) in [7, 11) is 0. The van der Waals surface area contributed by atoms with E-state index in [1.165, 1.54) is 23.7 Å². The summed E-state index contributed by atoms with van der Waals surface area (Å²) in [6.07, 6.45) is 8.44. The molecule has 1 amide bonds. The first-order chi connectivity index (χ1) is 19.2. The summed E-state index contributed by atoms with van der Waals surface area (Å²) >= 11 is 1.48. The molecule has 39 heavy (non-hydrogen) atoms. The molecule has 0 spiro atoms. The van der Waals surface area contributed by atoms with Gasteiger partial charge in [0.05, 0.1) is 17.2 Å². The van der Waals surface area contributed by atoms with Gasteiger partial charge in [-0.3, -0.25) is 9.69 Å². The summed E-state index contributed by atoms with van der Waals surface area (Å²) in [6, 6.07) is 24.4. The van der Waals surface area contributed by atoms with Crippen molar-refractivity contribution in [2.45, 2.75) is 65.0 Å². The summed E-state index contributed by atoms with van der Waals surface area (Å²) in [5.41, 5.74) is 4.13. The van der Waals surface area contributed by atoms with Gasteiger partial charge in [-0.15, -0.1) is 0 Å². The number of rotatable bonds is 9. The fourth-order valence-electron chi connectivity index (χ4n) is 5.14. The molecule has 0 N–H and O–H groups in total. The Kier molecular flexibility index (Phi) is 9.04. The van der Waals surface area contributed by atoms with E-state index in [0.29, 0.717) is 29.6 Å². The van der Waals surface area contributed by atoms with Gasteiger partial charge in [-0.1, -0.05) is 80.8 Å². The van der Waals surface area contributed by atoms with Crippen LogP contribution in [0.4, 0.5) is 5.69 Å². The van der Waals surface area contributed by atoms with Crippen molar-refractivity contribution in [2.24, 2.45) is 4.99 Å². The fourth-order valence-corrected chi connectivity index (χ4v) is 6.19. The van der Waals surface area contributed by atoms with E-state index in [1.54, 1.807) is 0 Å². The van der Waals surface area contributed by atoms with Crippen LogP contribution in [0.25, 0.3) is 6.08 Å². The smallest absolute Gasteiger partial charge is 0.267 e. The molecule has 0 bridgehead atoms. The van der Waals surface area contributed by atoms with Gasteiger partial charge in [0.2, 0.25) is 0 Å². The lowest BCUT2D eigenvalue weighted by atomic mass is 9.94. The molecule has 1 saturated carbocycles. The van der Waals surface area contributed by atoms with E-state index in [2.05, 4.69) is 13.0 Å². The first-order valence-electron chi connectivity index (χ1n) is 14.0. The third-order valence-corrected chi connectivity index (χ3v) is 8.15. The fraction of sp³-hybridized carbons (Fsp3) is 0.333. The number of nitrogens with zero attached hydrogens (tertiary/aromatic N) is 2. The number of ether oxygens (including phenoxy) is 2. The van der Waals surface area contributed by atoms with Crippen LogP contribution >= 0.6 is 11.8 Å². The van der Waals surface area contributed by atoms with Gasteiger partial charge in [-0.2, -0.15) is 0 Å². The monoisotopic (exact) mass is 540 g/mol. The molecule has 5 nitrogen and oxygen atoms in total. The van der Waals surface area contributed by atoms with Gasteiger partial charge in [0.15, 0.2) is 16.7 Å². The maximum atomic E-state index is 13.8. The van der Waals surface area contributed by atoms with Gasteiger partial charge in [0.25, 0.3) is 5.91 Å². The Bertz CT molecular complexity index is 1350. The topological polar surface area (TPSA) is 51.1 Å². The van der Waals surface area contributed by atoms with Crippen LogP contribution in [-0.2, 0) is 17.8 Å². The molecule has 0 unspecified atom stereocenters. The van der Waals surface area contributed by atoms with Gasteiger partial charge >= 0.3 is 0 Å². The highest BCUT2D eigenvalue weighted by Gasteiger charge is 2.38. The summed E-state index contributed by atoms with van der Waals surface area (Å²) < 4.78 is 12.0. The number of carbonyl (C=O) groups excluding carboxylic acids is 1. The second-order valence-corrected chi connectivity index (χ2v) is 10.9. The number of hydrogen-bond donors (Lipinski definition) is 0. The number of benzene rings is 3. The number of para-hydroxylation sites is 1. The van der Waals surface area contributed by atoms with E-state index in [-0.39, 0.29) is 11.9 Å². The van der Waals surface area contributed by atoms with Crippen LogP contribution in [0.1, 0.15) is 62.6 Å². The Morgan fingerprint density at radius 3 is 2.46 bits per heavy atom. The Morgan fingerprint density at radius 1 is 0.923 bits per heavy atom. The van der Waals surface area contributed by atoms with Crippen molar-refractivity contribution in [1.29, 1.82) is 0 Å². The molecule has 1 aliphatic carbocycles. The van der Waals surface area contributed by atoms with Crippen molar-refractivity contribution >= 4 is 34.6 Å². The maximum Gasteiger partial charge on any atom is 0.267 e. The minimum Gasteiger partial charge on any atom is -0.490 e. The lowest BCUT2D eigenvalue weighted by molar-refractivity contribution is -0.124. The number of hydrogen-bond acceptors (Lipinski definition) is 5. The molecule has 0 radical (unpaired) electrons. The average Bonchev–Trinajstić information content (AvgIpc) is 3.28. The van der Waals surface area contributed by atoms with Crippen molar-refractivity contribution < 1.29 is 14.3 Å². The third kappa shape index (κ3) is 6.56. The Balaban J connectivity index is 1.44. The summed E-state index contributed by atoms with van der Waals surface area (Å²) in [4.78, 5) is 21.5. The molecule has 6 heteroatoms. The average molecular weight is 541 g/mol. The van der Waals surface area contributed by atoms with Crippen molar-refractivity contribution in [2.75, 3.05) is 6.61 Å². The third-order valence-electron chi connectivity index (χ3n) is 7.17. The standard InChI is InChI=1S/C33H36N2O3S/c1-3-26-15-11-12-18-28(26)34-33-35(27-16-9-6-10-17-27)32(36)31(39-33)22-25-19-20-29(30(21-25)37-4-2)38-23-24-13-7-5-8-14-24/h5,7-8,11-15,18-22,27H,3-4,6,9-10,16-17,23H2,1-2H3/b31-22+,34-33?. The molecule has 1 aliphatic heterocycles. The zero-order valence-electron chi connectivity index (χ0n) is 22.8. The summed E-state index contributed by atoms with van der Waals surface area (Å²) in [5.74, 6) is 1.41. The van der Waals surface area contributed by atoms with Gasteiger partial charge < -0.3 is 9.47 Å². The quantitative estimate of drug-likeness (QED) is 0.257. The molecule has 2 fully saturated rings. The normalized spacial score (nSPS) is 18.2. The molecule has 2 aliphatic rings. The second-order valence-electron chi connectivity index (χ2n) is 9.87. The van der Waals surface area contributed by atoms with Crippen LogP contribution in [0.2, 0.25) is 0 Å². The number of aliphatic imine (C=N–C) groups is 1. The molecular weight excluding hydrogens is 504 g/mol. The first-order valence-corrected chi connectivity index (χ1v) is 14.8. The molecule has 202 valence electrons. The summed E-state index contributed by atoms with van der Waals surface area (Å²) in [5, 5.41) is 0.784. The zero-order chi connectivity index (χ0) is 27.0. The predicted octanol–water partition coefficient (Wildman–Crippen LogP) is 8.16. The van der Waals surface area contributed by atoms with Gasteiger partial charge in [0.1, 0.15) is 6.61 Å². The van der Waals surface area contributed by atoms with Crippen LogP contribution in [0.15, 0.2) is 82.7 Å². The van der Waals surface area contributed by atoms with E-state index in [9.17, 15) is 4.79 Å². The van der Waals surface area contributed by atoms with Crippen LogP contribution < -0.4 is 9.47 Å². The van der Waals surface area contributed by atoms with E-state index in [4.69, 9.17) is 14.5 Å². The molecule has 3 aromatic rings. The van der Waals surface area contributed by atoms with E-state index >= 15 is 0 Å². The van der Waals surface area contributed by atoms with Gasteiger partial charge in [0, 0.05) is 6.04 Å². The largest absolute Gasteiger partial charge is 0.490 e. The highest BCUT2D eigenvalue weighted by molar-refractivity contribution is 8.18. The molecule has 5 rings (SSSR count). The summed E-state index contributed by atoms with van der Waals surface area (Å²) in [6.45, 7) is 5.09. The molecule has 1 heterocycles. The van der Waals surface area contributed by atoms with Crippen LogP contribution in [0.5, 0.6) is 11.5 Å². The number of carbonyl (C=O) groups is 1. The number of thioether (sulfide) groups is 1. The number of aryl methyl sites for hydroxylation is 1. The minimum atomic E-state index is 0.0435. The molecular formula is C33H36N2O3S. The van der Waals surface area contributed by atoms with Crippen LogP contribution in [-0.4, -0.2) is 28.6 Å². The van der Waals surface area contributed by atoms with Crippen molar-refractivity contribution in [3.63, 3.8) is 0 Å². The Morgan fingerprint density at radius 2 is 1.69 bits per heavy atom. The number of amides is 1.